The lowest BCUT2D eigenvalue weighted by Gasteiger charge is -2.21. The minimum absolute atomic E-state index is 0.669. The van der Waals surface area contributed by atoms with Crippen molar-refractivity contribution in [2.75, 3.05) is 6.61 Å². The van der Waals surface area contributed by atoms with Crippen molar-refractivity contribution < 1.29 is 4.74 Å². The van der Waals surface area contributed by atoms with Crippen molar-refractivity contribution in [3.8, 4) is 5.75 Å². The number of aromatic amines is 1. The molecule has 0 atom stereocenters. The summed E-state index contributed by atoms with van der Waals surface area (Å²) in [4.78, 5) is 7.17. The summed E-state index contributed by atoms with van der Waals surface area (Å²) in [6.45, 7) is 6.83. The van der Waals surface area contributed by atoms with E-state index in [4.69, 9.17) is 4.74 Å². The fraction of sp³-hybridized carbons (Fsp3) is 0.312. The molecular formula is C16H20N2O. The van der Waals surface area contributed by atoms with E-state index in [0.717, 1.165) is 17.9 Å². The van der Waals surface area contributed by atoms with Crippen LogP contribution in [0.3, 0.4) is 0 Å². The molecule has 0 saturated heterocycles. The Balaban J connectivity index is 0.000000637. The normalized spacial score (nSPS) is 13.2. The Morgan fingerprint density at radius 2 is 2.05 bits per heavy atom. The summed E-state index contributed by atoms with van der Waals surface area (Å²) in [5, 5.41) is 0. The first-order valence-electron chi connectivity index (χ1n) is 6.72. The van der Waals surface area contributed by atoms with E-state index >= 15 is 0 Å². The molecule has 0 radical (unpaired) electrons. The lowest BCUT2D eigenvalue weighted by atomic mass is 9.96. The highest BCUT2D eigenvalue weighted by Gasteiger charge is 2.16. The van der Waals surface area contributed by atoms with Gasteiger partial charge in [0.1, 0.15) is 12.4 Å². The number of benzene rings is 1. The molecule has 1 aliphatic rings. The number of para-hydroxylation sites is 1. The number of imidazole rings is 1. The van der Waals surface area contributed by atoms with Crippen LogP contribution in [0.1, 0.15) is 32.0 Å². The number of fused-ring (bicyclic) bond motifs is 1. The number of rotatable bonds is 2. The summed E-state index contributed by atoms with van der Waals surface area (Å²) in [6.07, 6.45) is 4.45. The topological polar surface area (TPSA) is 37.9 Å². The van der Waals surface area contributed by atoms with Crippen LogP contribution in [0.5, 0.6) is 5.75 Å². The predicted molar refractivity (Wildman–Crippen MR) is 78.2 cm³/mol. The third-order valence-electron chi connectivity index (χ3n) is 3.18. The van der Waals surface area contributed by atoms with Crippen molar-refractivity contribution in [1.29, 1.82) is 0 Å². The summed E-state index contributed by atoms with van der Waals surface area (Å²) < 4.78 is 5.76. The number of H-pyrrole nitrogens is 1. The van der Waals surface area contributed by atoms with E-state index in [0.29, 0.717) is 6.61 Å². The first-order chi connectivity index (χ1) is 9.34. The van der Waals surface area contributed by atoms with Gasteiger partial charge in [-0.1, -0.05) is 32.0 Å². The molecule has 0 saturated carbocycles. The maximum atomic E-state index is 5.76. The Hall–Kier alpha value is -2.03. The Morgan fingerprint density at radius 3 is 2.79 bits per heavy atom. The van der Waals surface area contributed by atoms with Crippen LogP contribution in [0.2, 0.25) is 0 Å². The summed E-state index contributed by atoms with van der Waals surface area (Å²) in [6, 6.07) is 8.18. The third kappa shape index (κ3) is 2.87. The zero-order chi connectivity index (χ0) is 13.7. The van der Waals surface area contributed by atoms with E-state index < -0.39 is 0 Å². The van der Waals surface area contributed by atoms with Gasteiger partial charge in [0.2, 0.25) is 0 Å². The van der Waals surface area contributed by atoms with Gasteiger partial charge in [0, 0.05) is 23.9 Å². The van der Waals surface area contributed by atoms with Gasteiger partial charge in [-0.2, -0.15) is 0 Å². The highest BCUT2D eigenvalue weighted by molar-refractivity contribution is 5.73. The Morgan fingerprint density at radius 1 is 1.26 bits per heavy atom. The molecule has 100 valence electrons. The molecule has 1 aromatic heterocycles. The zero-order valence-electron chi connectivity index (χ0n) is 11.7. The van der Waals surface area contributed by atoms with Crippen LogP contribution in [-0.4, -0.2) is 16.6 Å². The van der Waals surface area contributed by atoms with Crippen molar-refractivity contribution >= 4 is 5.57 Å². The molecule has 0 fully saturated rings. The molecule has 2 heterocycles. The summed E-state index contributed by atoms with van der Waals surface area (Å²) in [5.74, 6) is 0.985. The second-order valence-electron chi connectivity index (χ2n) is 4.27. The molecule has 1 aliphatic heterocycles. The largest absolute Gasteiger partial charge is 0.489 e. The quantitative estimate of drug-likeness (QED) is 0.886. The van der Waals surface area contributed by atoms with Gasteiger partial charge >= 0.3 is 0 Å². The number of nitrogens with zero attached hydrogens (tertiary/aromatic N) is 1. The second-order valence-corrected chi connectivity index (χ2v) is 4.27. The molecule has 1 aromatic carbocycles. The number of hydrogen-bond acceptors (Lipinski definition) is 2. The molecule has 3 nitrogen and oxygen atoms in total. The molecule has 0 bridgehead atoms. The van der Waals surface area contributed by atoms with E-state index in [1.54, 1.807) is 6.33 Å². The fourth-order valence-corrected chi connectivity index (χ4v) is 2.16. The minimum atomic E-state index is 0.669. The van der Waals surface area contributed by atoms with Gasteiger partial charge in [-0.3, -0.25) is 0 Å². The predicted octanol–water partition coefficient (Wildman–Crippen LogP) is 3.84. The fourth-order valence-electron chi connectivity index (χ4n) is 2.16. The first kappa shape index (κ1) is 13.4. The Bertz CT molecular complexity index is 556. The van der Waals surface area contributed by atoms with Gasteiger partial charge in [-0.25, -0.2) is 4.98 Å². The average Bonchev–Trinajstić information content (AvgIpc) is 2.97. The average molecular weight is 256 g/mol. The van der Waals surface area contributed by atoms with E-state index in [-0.39, 0.29) is 0 Å². The van der Waals surface area contributed by atoms with Crippen LogP contribution < -0.4 is 4.74 Å². The van der Waals surface area contributed by atoms with Crippen LogP contribution in [0, 0.1) is 0 Å². The van der Waals surface area contributed by atoms with Crippen molar-refractivity contribution in [3.05, 3.63) is 53.6 Å². The zero-order valence-corrected chi connectivity index (χ0v) is 11.7. The molecule has 0 amide bonds. The molecule has 3 rings (SSSR count). The molecule has 0 aliphatic carbocycles. The van der Waals surface area contributed by atoms with Crippen molar-refractivity contribution in [2.45, 2.75) is 27.2 Å². The van der Waals surface area contributed by atoms with Gasteiger partial charge in [-0.15, -0.1) is 0 Å². The van der Waals surface area contributed by atoms with Crippen molar-refractivity contribution in [3.63, 3.8) is 0 Å². The number of ether oxygens (including phenoxy) is 1. The third-order valence-corrected chi connectivity index (χ3v) is 3.18. The smallest absolute Gasteiger partial charge is 0.127 e. The van der Waals surface area contributed by atoms with Crippen molar-refractivity contribution in [2.24, 2.45) is 0 Å². The van der Waals surface area contributed by atoms with Crippen molar-refractivity contribution in [1.82, 2.24) is 9.97 Å². The van der Waals surface area contributed by atoms with E-state index in [2.05, 4.69) is 23.0 Å². The molecule has 19 heavy (non-hydrogen) atoms. The monoisotopic (exact) mass is 256 g/mol. The molecule has 3 heteroatoms. The van der Waals surface area contributed by atoms with Crippen LogP contribution in [0.15, 0.2) is 42.4 Å². The lowest BCUT2D eigenvalue weighted by molar-refractivity contribution is 0.342. The Kier molecular flexibility index (Phi) is 4.39. The standard InChI is InChI=1S/C14H14N2O.C2H6/c1-10-11(6-12-7-15-9-16-12)8-17-14-5-3-2-4-13(10)14;1-2/h2-5,7,9H,6,8H2,1H3,(H,15,16);1-2H3. The van der Waals surface area contributed by atoms with Crippen LogP contribution in [-0.2, 0) is 6.42 Å². The van der Waals surface area contributed by atoms with Gasteiger partial charge in [0.05, 0.1) is 6.33 Å². The maximum absolute atomic E-state index is 5.76. The molecule has 1 N–H and O–H groups in total. The molecular weight excluding hydrogens is 236 g/mol. The number of aromatic nitrogens is 2. The molecule has 2 aromatic rings. The Labute approximate surface area is 114 Å². The van der Waals surface area contributed by atoms with Gasteiger partial charge in [0.25, 0.3) is 0 Å². The van der Waals surface area contributed by atoms with E-state index in [1.807, 2.05) is 38.2 Å². The van der Waals surface area contributed by atoms with E-state index in [1.165, 1.54) is 16.7 Å². The highest BCUT2D eigenvalue weighted by atomic mass is 16.5. The lowest BCUT2D eigenvalue weighted by Crippen LogP contribution is -2.12. The number of allylic oxidation sites excluding steroid dienone is 1. The van der Waals surface area contributed by atoms with Crippen LogP contribution in [0.25, 0.3) is 5.57 Å². The number of hydrogen-bond donors (Lipinski definition) is 1. The highest BCUT2D eigenvalue weighted by Crippen LogP contribution is 2.33. The minimum Gasteiger partial charge on any atom is -0.489 e. The van der Waals surface area contributed by atoms with Gasteiger partial charge in [-0.05, 0) is 24.1 Å². The first-order valence-corrected chi connectivity index (χ1v) is 6.72. The molecule has 0 unspecified atom stereocenters. The van der Waals surface area contributed by atoms with Gasteiger partial charge < -0.3 is 9.72 Å². The summed E-state index contributed by atoms with van der Waals surface area (Å²) >= 11 is 0. The molecule has 0 spiro atoms. The maximum Gasteiger partial charge on any atom is 0.127 e. The van der Waals surface area contributed by atoms with Crippen LogP contribution >= 0.6 is 0 Å². The van der Waals surface area contributed by atoms with Crippen LogP contribution in [0.4, 0.5) is 0 Å². The summed E-state index contributed by atoms with van der Waals surface area (Å²) in [5.41, 5.74) is 4.96. The SMILES string of the molecule is CC.CC1=C(Cc2cnc[nH]2)COc2ccccc21. The van der Waals surface area contributed by atoms with E-state index in [9.17, 15) is 0 Å². The summed E-state index contributed by atoms with van der Waals surface area (Å²) in [7, 11) is 0. The number of nitrogens with one attached hydrogen (secondary N) is 1. The van der Waals surface area contributed by atoms with Gasteiger partial charge in [0.15, 0.2) is 0 Å². The second kappa shape index (κ2) is 6.23.